The molecule has 0 saturated heterocycles. The van der Waals surface area contributed by atoms with E-state index in [1.54, 1.807) is 23.0 Å². The molecule has 0 fully saturated rings. The van der Waals surface area contributed by atoms with E-state index in [4.69, 9.17) is 11.6 Å². The van der Waals surface area contributed by atoms with Gasteiger partial charge in [-0.25, -0.2) is 4.39 Å². The lowest BCUT2D eigenvalue weighted by Gasteiger charge is -2.04. The number of carbonyl (C=O) groups excluding carboxylic acids is 1. The molecule has 122 valence electrons. The van der Waals surface area contributed by atoms with E-state index in [1.165, 1.54) is 18.3 Å². The molecule has 1 aromatic heterocycles. The molecule has 0 unspecified atom stereocenters. The standard InChI is InChI=1S/C18H15ClFN3O/c19-17-4-2-1-3-14(17)11-23-12-15(10-22-23)18(24)21-9-13-5-7-16(20)8-6-13/h1-8,10,12H,9,11H2,(H,21,24). The molecule has 6 heteroatoms. The van der Waals surface area contributed by atoms with Gasteiger partial charge in [-0.3, -0.25) is 9.48 Å². The van der Waals surface area contributed by atoms with E-state index in [9.17, 15) is 9.18 Å². The summed E-state index contributed by atoms with van der Waals surface area (Å²) in [6, 6.07) is 13.5. The minimum Gasteiger partial charge on any atom is -0.348 e. The molecule has 3 rings (SSSR count). The Morgan fingerprint density at radius 1 is 1.17 bits per heavy atom. The molecule has 24 heavy (non-hydrogen) atoms. The van der Waals surface area contributed by atoms with Gasteiger partial charge in [0.1, 0.15) is 5.82 Å². The number of nitrogens with zero attached hydrogens (tertiary/aromatic N) is 2. The molecule has 3 aromatic rings. The molecule has 0 aliphatic heterocycles. The normalized spacial score (nSPS) is 10.6. The summed E-state index contributed by atoms with van der Waals surface area (Å²) in [4.78, 5) is 12.2. The third-order valence-electron chi connectivity index (χ3n) is 3.55. The Morgan fingerprint density at radius 2 is 1.92 bits per heavy atom. The van der Waals surface area contributed by atoms with E-state index >= 15 is 0 Å². The van der Waals surface area contributed by atoms with Gasteiger partial charge >= 0.3 is 0 Å². The largest absolute Gasteiger partial charge is 0.348 e. The fraction of sp³-hybridized carbons (Fsp3) is 0.111. The molecule has 4 nitrogen and oxygen atoms in total. The highest BCUT2D eigenvalue weighted by molar-refractivity contribution is 6.31. The van der Waals surface area contributed by atoms with Crippen molar-refractivity contribution in [3.63, 3.8) is 0 Å². The summed E-state index contributed by atoms with van der Waals surface area (Å²) in [7, 11) is 0. The molecule has 1 N–H and O–H groups in total. The van der Waals surface area contributed by atoms with Gasteiger partial charge in [0.2, 0.25) is 0 Å². The maximum absolute atomic E-state index is 12.9. The Bertz CT molecular complexity index is 845. The smallest absolute Gasteiger partial charge is 0.254 e. The highest BCUT2D eigenvalue weighted by Gasteiger charge is 2.09. The van der Waals surface area contributed by atoms with Crippen molar-refractivity contribution in [3.8, 4) is 0 Å². The molecule has 0 aliphatic carbocycles. The SMILES string of the molecule is O=C(NCc1ccc(F)cc1)c1cnn(Cc2ccccc2Cl)c1. The molecule has 1 amide bonds. The van der Waals surface area contributed by atoms with Crippen molar-refractivity contribution in [3.05, 3.63) is 88.5 Å². The van der Waals surface area contributed by atoms with Gasteiger partial charge in [0, 0.05) is 17.8 Å². The van der Waals surface area contributed by atoms with Crippen molar-refractivity contribution in [1.29, 1.82) is 0 Å². The minimum absolute atomic E-state index is 0.232. The number of amides is 1. The fourth-order valence-corrected chi connectivity index (χ4v) is 2.45. The number of rotatable bonds is 5. The van der Waals surface area contributed by atoms with Gasteiger partial charge in [-0.2, -0.15) is 5.10 Å². The van der Waals surface area contributed by atoms with Crippen LogP contribution in [0.2, 0.25) is 5.02 Å². The average Bonchev–Trinajstić information content (AvgIpc) is 3.05. The Hall–Kier alpha value is -2.66. The lowest BCUT2D eigenvalue weighted by molar-refractivity contribution is 0.0951. The van der Waals surface area contributed by atoms with Crippen molar-refractivity contribution in [2.75, 3.05) is 0 Å². The van der Waals surface area contributed by atoms with Gasteiger partial charge in [-0.05, 0) is 29.3 Å². The second-order valence-corrected chi connectivity index (χ2v) is 5.73. The van der Waals surface area contributed by atoms with Crippen molar-refractivity contribution < 1.29 is 9.18 Å². The Balaban J connectivity index is 1.61. The van der Waals surface area contributed by atoms with Crippen LogP contribution in [0.25, 0.3) is 0 Å². The molecule has 0 radical (unpaired) electrons. The zero-order valence-corrected chi connectivity index (χ0v) is 13.5. The van der Waals surface area contributed by atoms with Crippen molar-refractivity contribution in [2.24, 2.45) is 0 Å². The summed E-state index contributed by atoms with van der Waals surface area (Å²) in [5.74, 6) is -0.532. The molecule has 0 aliphatic rings. The van der Waals surface area contributed by atoms with Crippen LogP contribution < -0.4 is 5.32 Å². The number of hydrogen-bond acceptors (Lipinski definition) is 2. The van der Waals surface area contributed by atoms with Crippen LogP contribution in [0.4, 0.5) is 4.39 Å². The predicted molar refractivity (Wildman–Crippen MR) is 90.4 cm³/mol. The molecule has 0 atom stereocenters. The van der Waals surface area contributed by atoms with E-state index in [0.29, 0.717) is 23.7 Å². The number of nitrogens with one attached hydrogen (secondary N) is 1. The zero-order valence-electron chi connectivity index (χ0n) is 12.7. The van der Waals surface area contributed by atoms with Crippen LogP contribution in [-0.4, -0.2) is 15.7 Å². The molecule has 0 bridgehead atoms. The monoisotopic (exact) mass is 343 g/mol. The van der Waals surface area contributed by atoms with Crippen LogP contribution in [0.5, 0.6) is 0 Å². The number of hydrogen-bond donors (Lipinski definition) is 1. The quantitative estimate of drug-likeness (QED) is 0.768. The zero-order chi connectivity index (χ0) is 16.9. The lowest BCUT2D eigenvalue weighted by Crippen LogP contribution is -2.22. The molecule has 0 saturated carbocycles. The third-order valence-corrected chi connectivity index (χ3v) is 3.92. The van der Waals surface area contributed by atoms with E-state index in [0.717, 1.165) is 11.1 Å². The summed E-state index contributed by atoms with van der Waals surface area (Å²) >= 11 is 6.13. The lowest BCUT2D eigenvalue weighted by atomic mass is 10.2. The van der Waals surface area contributed by atoms with Crippen molar-refractivity contribution in [1.82, 2.24) is 15.1 Å². The van der Waals surface area contributed by atoms with E-state index in [-0.39, 0.29) is 11.7 Å². The first-order valence-electron chi connectivity index (χ1n) is 7.40. The van der Waals surface area contributed by atoms with Gasteiger partial charge in [0.15, 0.2) is 0 Å². The van der Waals surface area contributed by atoms with Crippen LogP contribution >= 0.6 is 11.6 Å². The summed E-state index contributed by atoms with van der Waals surface area (Å²) in [5.41, 5.74) is 2.22. The van der Waals surface area contributed by atoms with Crippen LogP contribution in [0.1, 0.15) is 21.5 Å². The maximum atomic E-state index is 12.9. The average molecular weight is 344 g/mol. The number of halogens is 2. The Labute approximate surface area is 143 Å². The molecule has 1 heterocycles. The number of aromatic nitrogens is 2. The summed E-state index contributed by atoms with van der Waals surface area (Å²) in [6.45, 7) is 0.819. The molecule has 2 aromatic carbocycles. The highest BCUT2D eigenvalue weighted by atomic mass is 35.5. The Morgan fingerprint density at radius 3 is 2.67 bits per heavy atom. The summed E-state index contributed by atoms with van der Waals surface area (Å²) in [6.07, 6.45) is 3.18. The maximum Gasteiger partial charge on any atom is 0.254 e. The first-order chi connectivity index (χ1) is 11.6. The van der Waals surface area contributed by atoms with Gasteiger partial charge in [-0.15, -0.1) is 0 Å². The topological polar surface area (TPSA) is 46.9 Å². The third kappa shape index (κ3) is 4.00. The summed E-state index contributed by atoms with van der Waals surface area (Å²) in [5, 5.41) is 7.63. The van der Waals surface area contributed by atoms with Gasteiger partial charge in [0.05, 0.1) is 18.3 Å². The Kier molecular flexibility index (Phi) is 4.91. The van der Waals surface area contributed by atoms with Crippen molar-refractivity contribution in [2.45, 2.75) is 13.1 Å². The number of benzene rings is 2. The van der Waals surface area contributed by atoms with E-state index in [2.05, 4.69) is 10.4 Å². The van der Waals surface area contributed by atoms with E-state index in [1.807, 2.05) is 24.3 Å². The van der Waals surface area contributed by atoms with Gasteiger partial charge < -0.3 is 5.32 Å². The van der Waals surface area contributed by atoms with Crippen molar-refractivity contribution >= 4 is 17.5 Å². The second kappa shape index (κ2) is 7.27. The van der Waals surface area contributed by atoms with E-state index < -0.39 is 0 Å². The highest BCUT2D eigenvalue weighted by Crippen LogP contribution is 2.16. The molecule has 0 spiro atoms. The first kappa shape index (κ1) is 16.2. The van der Waals surface area contributed by atoms with Crippen LogP contribution in [-0.2, 0) is 13.1 Å². The van der Waals surface area contributed by atoms with Gasteiger partial charge in [-0.1, -0.05) is 41.9 Å². The predicted octanol–water partition coefficient (Wildman–Crippen LogP) is 3.65. The van der Waals surface area contributed by atoms with Crippen LogP contribution in [0, 0.1) is 5.82 Å². The minimum atomic E-state index is -0.300. The fourth-order valence-electron chi connectivity index (χ4n) is 2.26. The second-order valence-electron chi connectivity index (χ2n) is 5.33. The van der Waals surface area contributed by atoms with Crippen LogP contribution in [0.15, 0.2) is 60.9 Å². The first-order valence-corrected chi connectivity index (χ1v) is 7.78. The number of carbonyl (C=O) groups is 1. The van der Waals surface area contributed by atoms with Crippen LogP contribution in [0.3, 0.4) is 0 Å². The molecular weight excluding hydrogens is 329 g/mol. The summed E-state index contributed by atoms with van der Waals surface area (Å²) < 4.78 is 14.5. The molecular formula is C18H15ClFN3O. The van der Waals surface area contributed by atoms with Gasteiger partial charge in [0.25, 0.3) is 5.91 Å².